The van der Waals surface area contributed by atoms with Gasteiger partial charge in [-0.2, -0.15) is 30.2 Å². The molecule has 0 aromatic carbocycles. The normalized spacial score (nSPS) is 18.5. The van der Waals surface area contributed by atoms with E-state index >= 15 is 0 Å². The minimum atomic E-state index is -0.515. The predicted octanol–water partition coefficient (Wildman–Crippen LogP) is 6.06. The Hall–Kier alpha value is -6.45. The van der Waals surface area contributed by atoms with Crippen molar-refractivity contribution in [1.29, 1.82) is 5.26 Å². The maximum absolute atomic E-state index is 12.1. The Morgan fingerprint density at radius 3 is 1.92 bits per heavy atom. The molecule has 5 heterocycles. The van der Waals surface area contributed by atoms with Crippen molar-refractivity contribution in [2.45, 2.75) is 123 Å². The molecular formula is C41H60N14O5. The Morgan fingerprint density at radius 2 is 1.40 bits per heavy atom. The van der Waals surface area contributed by atoms with Gasteiger partial charge in [0.15, 0.2) is 5.65 Å². The number of alkyl carbamates (subject to hydrolysis) is 2. The lowest BCUT2D eigenvalue weighted by Gasteiger charge is -2.21. The molecule has 2 amide bonds. The van der Waals surface area contributed by atoms with Crippen LogP contribution in [0.4, 0.5) is 21.2 Å². The Morgan fingerprint density at radius 1 is 0.833 bits per heavy atom. The number of nitrogens with zero attached hydrogens (tertiary/aromatic N) is 9. The molecule has 2 aliphatic carbocycles. The first kappa shape index (κ1) is 46.2. The summed E-state index contributed by atoms with van der Waals surface area (Å²) >= 11 is 0. The molecule has 0 unspecified atom stereocenters. The van der Waals surface area contributed by atoms with Crippen molar-refractivity contribution in [3.8, 4) is 28.3 Å². The first-order valence-corrected chi connectivity index (χ1v) is 19.6. The molecule has 0 spiro atoms. The number of nitrogens with two attached hydrogens (primary N) is 2. The SMILES string of the molecule is C.CC(C)(C)OC(=O)N[C@@H]1CC[C@@H](C(=O)CC#N)C1.Cn1cc(-c2cn[nH]c2N)cn1.Cn1cc(-c2cnn3c(N)cc([C@@H]4CC[C@@H](NC(=O)OC(C)(C)C)C4)nc23)cn1. The van der Waals surface area contributed by atoms with Gasteiger partial charge < -0.3 is 31.6 Å². The van der Waals surface area contributed by atoms with Gasteiger partial charge in [0, 0.05) is 84.4 Å². The highest BCUT2D eigenvalue weighted by Gasteiger charge is 2.32. The van der Waals surface area contributed by atoms with Gasteiger partial charge in [-0.15, -0.1) is 0 Å². The number of carbonyl (C=O) groups is 3. The number of hydrogen-bond donors (Lipinski definition) is 5. The number of aromatic amines is 1. The Bertz CT molecular complexity index is 2270. The zero-order valence-corrected chi connectivity index (χ0v) is 35.0. The zero-order valence-electron chi connectivity index (χ0n) is 35.0. The van der Waals surface area contributed by atoms with Crippen LogP contribution in [-0.4, -0.2) is 85.6 Å². The summed E-state index contributed by atoms with van der Waals surface area (Å²) in [6, 6.07) is 3.80. The minimum absolute atomic E-state index is 0. The maximum atomic E-state index is 12.1. The number of aryl methyl sites for hydroxylation is 2. The number of nitrogens with one attached hydrogen (secondary N) is 3. The van der Waals surface area contributed by atoms with Crippen LogP contribution in [0.3, 0.4) is 0 Å². The van der Waals surface area contributed by atoms with Crippen molar-refractivity contribution >= 4 is 35.3 Å². The van der Waals surface area contributed by atoms with Crippen LogP contribution in [0.5, 0.6) is 0 Å². The lowest BCUT2D eigenvalue weighted by Crippen LogP contribution is -2.38. The number of amides is 2. The monoisotopic (exact) mass is 828 g/mol. The molecule has 19 heteroatoms. The highest BCUT2D eigenvalue weighted by molar-refractivity contribution is 5.83. The number of anilines is 2. The molecule has 5 aromatic rings. The topological polar surface area (TPSA) is 264 Å². The van der Waals surface area contributed by atoms with Crippen LogP contribution in [0.25, 0.3) is 27.9 Å². The fourth-order valence-electron chi connectivity index (χ4n) is 7.02. The van der Waals surface area contributed by atoms with Gasteiger partial charge in [-0.25, -0.2) is 14.6 Å². The van der Waals surface area contributed by atoms with Crippen molar-refractivity contribution in [1.82, 2.24) is 55.0 Å². The summed E-state index contributed by atoms with van der Waals surface area (Å²) in [7, 11) is 3.73. The van der Waals surface area contributed by atoms with Crippen LogP contribution in [-0.2, 0) is 28.4 Å². The number of ether oxygens (including phenoxy) is 2. The van der Waals surface area contributed by atoms with Crippen LogP contribution < -0.4 is 22.1 Å². The van der Waals surface area contributed by atoms with Crippen molar-refractivity contribution in [3.63, 3.8) is 0 Å². The van der Waals surface area contributed by atoms with E-state index in [0.717, 1.165) is 65.7 Å². The van der Waals surface area contributed by atoms with Gasteiger partial charge in [0.05, 0.1) is 37.3 Å². The average molecular weight is 829 g/mol. The van der Waals surface area contributed by atoms with Crippen LogP contribution in [0.1, 0.15) is 106 Å². The molecule has 0 radical (unpaired) electrons. The number of hydrogen-bond acceptors (Lipinski definition) is 13. The quantitative estimate of drug-likeness (QED) is 0.125. The molecule has 7 N–H and O–H groups in total. The molecule has 2 saturated carbocycles. The molecule has 60 heavy (non-hydrogen) atoms. The first-order valence-electron chi connectivity index (χ1n) is 19.6. The summed E-state index contributed by atoms with van der Waals surface area (Å²) in [6.45, 7) is 11.0. The number of carbonyl (C=O) groups excluding carboxylic acids is 3. The van der Waals surface area contributed by atoms with Gasteiger partial charge in [0.25, 0.3) is 0 Å². The molecule has 7 rings (SSSR count). The number of rotatable bonds is 7. The molecule has 19 nitrogen and oxygen atoms in total. The third-order valence-corrected chi connectivity index (χ3v) is 9.65. The number of fused-ring (bicyclic) bond motifs is 1. The lowest BCUT2D eigenvalue weighted by molar-refractivity contribution is -0.121. The molecular weight excluding hydrogens is 769 g/mol. The van der Waals surface area contributed by atoms with E-state index in [9.17, 15) is 14.4 Å². The maximum Gasteiger partial charge on any atom is 0.407 e. The standard InChI is InChI=1S/C20H27N7O2.C13H20N2O3.C7H9N5.CH4/c1-20(2,3)29-19(28)24-14-6-5-12(7-14)16-8-17(21)27-18(25-16)15(10-23-27)13-9-22-26(4)11-13;1-13(2,3)18-12(17)15-10-5-4-9(8-10)11(16)6-7-14;1-12-4-5(2-10-12)6-3-9-11-7(6)8;/h8-12,14H,5-7,21H2,1-4H3,(H,24,28);9-10H,4-6,8H2,1-3H3,(H,15,17);2-4H,1H3,(H3,8,9,11);1H4/t12-,14-;9-,10-;;/m11../s1. The van der Waals surface area contributed by atoms with E-state index < -0.39 is 17.3 Å². The largest absolute Gasteiger partial charge is 0.444 e. The van der Waals surface area contributed by atoms with Gasteiger partial charge in [0.2, 0.25) is 0 Å². The average Bonchev–Trinajstić information content (AvgIpc) is 3.98. The molecule has 5 aromatic heterocycles. The fraction of sp³-hybridized carbons (Fsp3) is 0.537. The van der Waals surface area contributed by atoms with Gasteiger partial charge in [0.1, 0.15) is 28.6 Å². The third kappa shape index (κ3) is 12.8. The predicted molar refractivity (Wildman–Crippen MR) is 227 cm³/mol. The van der Waals surface area contributed by atoms with E-state index in [1.165, 1.54) is 0 Å². The van der Waals surface area contributed by atoms with Crippen molar-refractivity contribution in [2.75, 3.05) is 11.5 Å². The number of nitriles is 1. The van der Waals surface area contributed by atoms with E-state index in [4.69, 9.17) is 31.2 Å². The van der Waals surface area contributed by atoms with Gasteiger partial charge in [-0.05, 0) is 80.1 Å². The molecule has 0 saturated heterocycles. The van der Waals surface area contributed by atoms with Crippen LogP contribution in [0.15, 0.2) is 43.2 Å². The summed E-state index contributed by atoms with van der Waals surface area (Å²) in [6.07, 6.45) is 14.7. The van der Waals surface area contributed by atoms with E-state index in [1.54, 1.807) is 59.4 Å². The van der Waals surface area contributed by atoms with Gasteiger partial charge in [-0.1, -0.05) is 7.43 Å². The Kier molecular flexibility index (Phi) is 15.1. The third-order valence-electron chi connectivity index (χ3n) is 9.65. The van der Waals surface area contributed by atoms with Crippen molar-refractivity contribution in [3.05, 3.63) is 48.9 Å². The summed E-state index contributed by atoms with van der Waals surface area (Å²) < 4.78 is 15.6. The molecule has 0 aliphatic heterocycles. The second-order valence-electron chi connectivity index (χ2n) is 16.9. The minimum Gasteiger partial charge on any atom is -0.444 e. The number of ketones is 1. The van der Waals surface area contributed by atoms with E-state index in [1.807, 2.05) is 59.4 Å². The smallest absolute Gasteiger partial charge is 0.407 e. The summed E-state index contributed by atoms with van der Waals surface area (Å²) in [5, 5.41) is 33.3. The van der Waals surface area contributed by atoms with Gasteiger partial charge in [-0.3, -0.25) is 19.3 Å². The number of aromatic nitrogens is 9. The van der Waals surface area contributed by atoms with Crippen LogP contribution in [0, 0.1) is 17.2 Å². The molecule has 2 aliphatic rings. The Labute approximate surface area is 350 Å². The second-order valence-corrected chi connectivity index (χ2v) is 16.9. The Balaban J connectivity index is 0.000000218. The lowest BCUT2D eigenvalue weighted by atomic mass is 10.0. The van der Waals surface area contributed by atoms with Crippen LogP contribution in [0.2, 0.25) is 0 Å². The number of nitrogen functional groups attached to an aromatic ring is 2. The zero-order chi connectivity index (χ0) is 43.1. The van der Waals surface area contributed by atoms with Crippen LogP contribution >= 0.6 is 0 Å². The van der Waals surface area contributed by atoms with E-state index in [0.29, 0.717) is 18.1 Å². The first-order chi connectivity index (χ1) is 27.8. The summed E-state index contributed by atoms with van der Waals surface area (Å²) in [5.41, 5.74) is 16.2. The van der Waals surface area contributed by atoms with E-state index in [2.05, 4.69) is 36.1 Å². The van der Waals surface area contributed by atoms with Crippen molar-refractivity contribution in [2.24, 2.45) is 20.0 Å². The highest BCUT2D eigenvalue weighted by atomic mass is 16.6. The summed E-state index contributed by atoms with van der Waals surface area (Å²) in [4.78, 5) is 40.0. The highest BCUT2D eigenvalue weighted by Crippen LogP contribution is 2.36. The summed E-state index contributed by atoms with van der Waals surface area (Å²) in [5.74, 6) is 1.22. The fourth-order valence-corrected chi connectivity index (χ4v) is 7.02. The second kappa shape index (κ2) is 19.5. The number of Topliss-reactive ketones (excluding diaryl/α,β-unsaturated/α-hetero) is 1. The molecule has 4 atom stereocenters. The van der Waals surface area contributed by atoms with Crippen molar-refractivity contribution < 1.29 is 23.9 Å². The molecule has 324 valence electrons. The molecule has 2 fully saturated rings. The number of H-pyrrole nitrogens is 1. The van der Waals surface area contributed by atoms with E-state index in [-0.39, 0.29) is 49.6 Å². The van der Waals surface area contributed by atoms with Gasteiger partial charge >= 0.3 is 12.2 Å². The molecule has 0 bridgehead atoms.